The minimum atomic E-state index is -1.01. The van der Waals surface area contributed by atoms with Gasteiger partial charge in [-0.05, 0) is 24.6 Å². The third-order valence-corrected chi connectivity index (χ3v) is 4.63. The summed E-state index contributed by atoms with van der Waals surface area (Å²) in [5.74, 6) is -1.44. The summed E-state index contributed by atoms with van der Waals surface area (Å²) in [4.78, 5) is 59.0. The van der Waals surface area contributed by atoms with Crippen LogP contribution < -0.4 is 10.6 Å². The fourth-order valence-electron chi connectivity index (χ4n) is 2.40. The van der Waals surface area contributed by atoms with E-state index in [0.717, 1.165) is 16.7 Å². The molecule has 0 radical (unpaired) electrons. The van der Waals surface area contributed by atoms with Gasteiger partial charge in [-0.2, -0.15) is 0 Å². The molecule has 2 rings (SSSR count). The van der Waals surface area contributed by atoms with Gasteiger partial charge in [0.15, 0.2) is 6.10 Å². The highest BCUT2D eigenvalue weighted by atomic mass is 32.2. The number of imide groups is 1. The lowest BCUT2D eigenvalue weighted by atomic mass is 10.1. The summed E-state index contributed by atoms with van der Waals surface area (Å²) >= 11 is 0.926. The van der Waals surface area contributed by atoms with E-state index < -0.39 is 18.0 Å². The summed E-state index contributed by atoms with van der Waals surface area (Å²) in [6.45, 7) is 3.01. The third kappa shape index (κ3) is 6.38. The molecule has 28 heavy (non-hydrogen) atoms. The maximum atomic E-state index is 12.0. The number of rotatable bonds is 8. The van der Waals surface area contributed by atoms with Crippen LogP contribution in [0, 0.1) is 0 Å². The largest absolute Gasteiger partial charge is 0.452 e. The van der Waals surface area contributed by atoms with Gasteiger partial charge < -0.3 is 15.4 Å². The van der Waals surface area contributed by atoms with E-state index in [4.69, 9.17) is 4.74 Å². The highest BCUT2D eigenvalue weighted by Crippen LogP contribution is 2.17. The van der Waals surface area contributed by atoms with E-state index in [1.54, 1.807) is 24.3 Å². The quantitative estimate of drug-likeness (QED) is 0.615. The Morgan fingerprint density at radius 1 is 1.21 bits per heavy atom. The molecule has 0 aliphatic carbocycles. The van der Waals surface area contributed by atoms with Crippen molar-refractivity contribution in [1.82, 2.24) is 10.2 Å². The van der Waals surface area contributed by atoms with Crippen LogP contribution in [0.5, 0.6) is 0 Å². The molecule has 150 valence electrons. The summed E-state index contributed by atoms with van der Waals surface area (Å²) in [7, 11) is 0. The topological polar surface area (TPSA) is 122 Å². The predicted molar refractivity (Wildman–Crippen MR) is 103 cm³/mol. The molecule has 2 N–H and O–H groups in total. The van der Waals surface area contributed by atoms with E-state index >= 15 is 0 Å². The van der Waals surface area contributed by atoms with E-state index in [0.29, 0.717) is 11.3 Å². The minimum Gasteiger partial charge on any atom is -0.452 e. The fraction of sp³-hybridized carbons (Fsp3) is 0.389. The molecule has 1 aromatic rings. The Morgan fingerprint density at radius 2 is 1.89 bits per heavy atom. The standard InChI is InChI=1S/C18H21N3O6S/c1-11(17(25)19-7-8-21-15(23)10-28-18(21)26)27-16(24)9-13-3-5-14(6-4-13)20-12(2)22/h3-6,11H,7-10H2,1-2H3,(H,19,25)(H,20,22)/t11-/m1/s1. The molecule has 0 bridgehead atoms. The maximum absolute atomic E-state index is 12.0. The number of esters is 1. The van der Waals surface area contributed by atoms with Crippen molar-refractivity contribution in [2.75, 3.05) is 24.2 Å². The van der Waals surface area contributed by atoms with Gasteiger partial charge in [-0.3, -0.25) is 28.9 Å². The Bertz CT molecular complexity index is 764. The number of nitrogens with one attached hydrogen (secondary N) is 2. The van der Waals surface area contributed by atoms with Gasteiger partial charge >= 0.3 is 5.97 Å². The molecular weight excluding hydrogens is 386 g/mol. The van der Waals surface area contributed by atoms with Crippen molar-refractivity contribution >= 4 is 46.4 Å². The molecule has 1 aliphatic heterocycles. The molecule has 4 amide bonds. The lowest BCUT2D eigenvalue weighted by Gasteiger charge is -2.16. The molecule has 0 unspecified atom stereocenters. The Labute approximate surface area is 166 Å². The Balaban J connectivity index is 1.73. The van der Waals surface area contributed by atoms with Crippen LogP contribution in [0.25, 0.3) is 0 Å². The Kier molecular flexibility index (Phi) is 7.56. The van der Waals surface area contributed by atoms with Crippen molar-refractivity contribution < 1.29 is 28.7 Å². The van der Waals surface area contributed by atoms with E-state index in [9.17, 15) is 24.0 Å². The van der Waals surface area contributed by atoms with Crippen LogP contribution in [-0.2, 0) is 30.3 Å². The molecule has 1 fully saturated rings. The smallest absolute Gasteiger partial charge is 0.311 e. The summed E-state index contributed by atoms with van der Waals surface area (Å²) in [6.07, 6.45) is -1.03. The molecule has 0 saturated carbocycles. The molecule has 1 saturated heterocycles. The Hall–Kier alpha value is -2.88. The van der Waals surface area contributed by atoms with Crippen molar-refractivity contribution in [3.63, 3.8) is 0 Å². The van der Waals surface area contributed by atoms with Crippen LogP contribution in [0.4, 0.5) is 10.5 Å². The van der Waals surface area contributed by atoms with Crippen LogP contribution in [0.15, 0.2) is 24.3 Å². The fourth-order valence-corrected chi connectivity index (χ4v) is 3.15. The SMILES string of the molecule is CC(=O)Nc1ccc(CC(=O)O[C@H](C)C(=O)NCCN2C(=O)CSC2=O)cc1. The van der Waals surface area contributed by atoms with Gasteiger partial charge in [-0.15, -0.1) is 0 Å². The second-order valence-corrected chi connectivity index (χ2v) is 7.00. The number of anilines is 1. The van der Waals surface area contributed by atoms with Crippen molar-refractivity contribution in [2.24, 2.45) is 0 Å². The summed E-state index contributed by atoms with van der Waals surface area (Å²) in [5, 5.41) is 4.83. The highest BCUT2D eigenvalue weighted by Gasteiger charge is 2.29. The van der Waals surface area contributed by atoms with Crippen LogP contribution in [0.1, 0.15) is 19.4 Å². The average molecular weight is 407 g/mol. The Morgan fingerprint density at radius 3 is 2.46 bits per heavy atom. The molecular formula is C18H21N3O6S. The molecule has 1 aliphatic rings. The first kappa shape index (κ1) is 21.4. The number of benzene rings is 1. The predicted octanol–water partition coefficient (Wildman–Crippen LogP) is 0.931. The van der Waals surface area contributed by atoms with Crippen molar-refractivity contribution in [2.45, 2.75) is 26.4 Å². The molecule has 10 heteroatoms. The van der Waals surface area contributed by atoms with E-state index in [-0.39, 0.29) is 42.3 Å². The summed E-state index contributed by atoms with van der Waals surface area (Å²) in [6, 6.07) is 6.69. The first-order valence-electron chi connectivity index (χ1n) is 8.57. The van der Waals surface area contributed by atoms with Gasteiger partial charge in [0.2, 0.25) is 11.8 Å². The number of hydrogen-bond acceptors (Lipinski definition) is 7. The molecule has 1 heterocycles. The number of hydrogen-bond donors (Lipinski definition) is 2. The number of ether oxygens (including phenoxy) is 1. The number of nitrogens with zero attached hydrogens (tertiary/aromatic N) is 1. The lowest BCUT2D eigenvalue weighted by Crippen LogP contribution is -2.41. The summed E-state index contributed by atoms with van der Waals surface area (Å²) in [5.41, 5.74) is 1.29. The zero-order chi connectivity index (χ0) is 20.7. The zero-order valence-corrected chi connectivity index (χ0v) is 16.3. The first-order chi connectivity index (χ1) is 13.3. The van der Waals surface area contributed by atoms with Crippen molar-refractivity contribution in [1.29, 1.82) is 0 Å². The molecule has 1 atom stereocenters. The zero-order valence-electron chi connectivity index (χ0n) is 15.5. The second-order valence-electron chi connectivity index (χ2n) is 6.08. The molecule has 1 aromatic carbocycles. The van der Waals surface area contributed by atoms with Gasteiger partial charge in [0.05, 0.1) is 12.2 Å². The summed E-state index contributed by atoms with van der Waals surface area (Å²) < 4.78 is 5.10. The van der Waals surface area contributed by atoms with E-state index in [1.165, 1.54) is 13.8 Å². The van der Waals surface area contributed by atoms with Crippen LogP contribution in [0.3, 0.4) is 0 Å². The number of carbonyl (C=O) groups excluding carboxylic acids is 5. The molecule has 0 spiro atoms. The minimum absolute atomic E-state index is 0.0218. The van der Waals surface area contributed by atoms with Crippen LogP contribution in [-0.4, -0.2) is 58.8 Å². The third-order valence-electron chi connectivity index (χ3n) is 3.78. The van der Waals surface area contributed by atoms with Gasteiger partial charge in [0, 0.05) is 25.7 Å². The van der Waals surface area contributed by atoms with Gasteiger partial charge in [0.1, 0.15) is 0 Å². The number of amides is 4. The normalized spacial score (nSPS) is 14.6. The van der Waals surface area contributed by atoms with Gasteiger partial charge in [-0.1, -0.05) is 23.9 Å². The van der Waals surface area contributed by atoms with E-state index in [2.05, 4.69) is 10.6 Å². The number of carbonyl (C=O) groups is 5. The van der Waals surface area contributed by atoms with Gasteiger partial charge in [-0.25, -0.2) is 0 Å². The highest BCUT2D eigenvalue weighted by molar-refractivity contribution is 8.14. The lowest BCUT2D eigenvalue weighted by molar-refractivity contribution is -0.154. The number of thioether (sulfide) groups is 1. The monoisotopic (exact) mass is 407 g/mol. The molecule has 0 aromatic heterocycles. The second kappa shape index (κ2) is 9.88. The van der Waals surface area contributed by atoms with Gasteiger partial charge in [0.25, 0.3) is 11.1 Å². The maximum Gasteiger partial charge on any atom is 0.311 e. The molecule has 9 nitrogen and oxygen atoms in total. The van der Waals surface area contributed by atoms with E-state index in [1.807, 2.05) is 0 Å². The van der Waals surface area contributed by atoms with Crippen molar-refractivity contribution in [3.8, 4) is 0 Å². The van der Waals surface area contributed by atoms with Crippen molar-refractivity contribution in [3.05, 3.63) is 29.8 Å². The average Bonchev–Trinajstić information content (AvgIpc) is 2.94. The van der Waals surface area contributed by atoms with Crippen LogP contribution >= 0.6 is 11.8 Å². The van der Waals surface area contributed by atoms with Crippen LogP contribution in [0.2, 0.25) is 0 Å². The first-order valence-corrected chi connectivity index (χ1v) is 9.55.